The third-order valence-electron chi connectivity index (χ3n) is 2.19. The maximum Gasteiger partial charge on any atom is 0.123 e. The summed E-state index contributed by atoms with van der Waals surface area (Å²) in [7, 11) is 1.90. The van der Waals surface area contributed by atoms with Crippen LogP contribution < -0.4 is 5.32 Å². The Labute approximate surface area is 82.6 Å². The third-order valence-corrected chi connectivity index (χ3v) is 2.19. The van der Waals surface area contributed by atoms with Crippen LogP contribution in [0.3, 0.4) is 0 Å². The molecule has 0 amide bonds. The van der Waals surface area contributed by atoms with Gasteiger partial charge in [-0.15, -0.1) is 10.2 Å². The van der Waals surface area contributed by atoms with E-state index in [1.165, 1.54) is 5.56 Å². The maximum atomic E-state index is 3.79. The molecule has 1 aromatic carbocycles. The minimum absolute atomic E-state index is 1.08. The molecular weight excluding hydrogens is 176 g/mol. The topological polar surface area (TPSA) is 42.7 Å². The summed E-state index contributed by atoms with van der Waals surface area (Å²) in [5, 5.41) is 10.7. The minimum Gasteiger partial charge on any atom is -0.388 e. The number of nitrogens with one attached hydrogen (secondary N) is 1. The van der Waals surface area contributed by atoms with Crippen LogP contribution in [0.5, 0.6) is 0 Å². The maximum absolute atomic E-state index is 3.79. The summed E-state index contributed by atoms with van der Waals surface area (Å²) >= 11 is 0. The van der Waals surface area contributed by atoms with Gasteiger partial charge in [-0.3, -0.25) is 4.57 Å². The lowest BCUT2D eigenvalue weighted by Gasteiger charge is -2.08. The first-order chi connectivity index (χ1) is 6.81. The standard InChI is InChI=1S/C10H12N4/c1-8-3-4-9(11-2)5-10(8)14-6-12-13-7-14/h3-7,11H,1-2H3. The van der Waals surface area contributed by atoms with Gasteiger partial charge in [0.15, 0.2) is 0 Å². The van der Waals surface area contributed by atoms with Gasteiger partial charge in [-0.25, -0.2) is 0 Å². The highest BCUT2D eigenvalue weighted by molar-refractivity contribution is 5.54. The molecule has 1 heterocycles. The first kappa shape index (κ1) is 8.74. The van der Waals surface area contributed by atoms with E-state index in [0.29, 0.717) is 0 Å². The van der Waals surface area contributed by atoms with Crippen LogP contribution in [0.1, 0.15) is 5.56 Å². The van der Waals surface area contributed by atoms with E-state index in [4.69, 9.17) is 0 Å². The lowest BCUT2D eigenvalue weighted by molar-refractivity contribution is 1.04. The van der Waals surface area contributed by atoms with Crippen molar-refractivity contribution < 1.29 is 0 Å². The Morgan fingerprint density at radius 3 is 2.57 bits per heavy atom. The molecule has 2 rings (SSSR count). The van der Waals surface area contributed by atoms with Crippen LogP contribution in [-0.2, 0) is 0 Å². The molecule has 1 N–H and O–H groups in total. The van der Waals surface area contributed by atoms with Gasteiger partial charge in [0.2, 0.25) is 0 Å². The molecule has 0 saturated carbocycles. The summed E-state index contributed by atoms with van der Waals surface area (Å²) in [6, 6.07) is 6.18. The van der Waals surface area contributed by atoms with Crippen LogP contribution in [0, 0.1) is 6.92 Å². The zero-order valence-electron chi connectivity index (χ0n) is 8.23. The van der Waals surface area contributed by atoms with Gasteiger partial charge in [0.05, 0.1) is 5.69 Å². The van der Waals surface area contributed by atoms with Crippen molar-refractivity contribution in [1.29, 1.82) is 0 Å². The van der Waals surface area contributed by atoms with Crippen molar-refractivity contribution in [2.75, 3.05) is 12.4 Å². The quantitative estimate of drug-likeness (QED) is 0.778. The van der Waals surface area contributed by atoms with Gasteiger partial charge in [-0.05, 0) is 24.6 Å². The molecule has 2 aromatic rings. The molecule has 1 aromatic heterocycles. The van der Waals surface area contributed by atoms with Crippen LogP contribution >= 0.6 is 0 Å². The average molecular weight is 188 g/mol. The Bertz CT molecular complexity index is 420. The predicted molar refractivity (Wildman–Crippen MR) is 55.6 cm³/mol. The molecule has 0 bridgehead atoms. The van der Waals surface area contributed by atoms with Crippen molar-refractivity contribution in [3.05, 3.63) is 36.4 Å². The van der Waals surface area contributed by atoms with Crippen molar-refractivity contribution in [2.24, 2.45) is 0 Å². The molecule has 0 aliphatic rings. The van der Waals surface area contributed by atoms with Crippen LogP contribution in [0.15, 0.2) is 30.9 Å². The molecule has 0 saturated heterocycles. The van der Waals surface area contributed by atoms with Gasteiger partial charge in [-0.1, -0.05) is 6.07 Å². The van der Waals surface area contributed by atoms with Crippen molar-refractivity contribution >= 4 is 5.69 Å². The Kier molecular flexibility index (Phi) is 2.18. The molecule has 72 valence electrons. The van der Waals surface area contributed by atoms with E-state index in [1.807, 2.05) is 17.7 Å². The second-order valence-corrected chi connectivity index (χ2v) is 3.12. The van der Waals surface area contributed by atoms with E-state index >= 15 is 0 Å². The number of anilines is 1. The highest BCUT2D eigenvalue weighted by Gasteiger charge is 2.01. The van der Waals surface area contributed by atoms with E-state index in [2.05, 4.69) is 34.6 Å². The van der Waals surface area contributed by atoms with Gasteiger partial charge >= 0.3 is 0 Å². The third kappa shape index (κ3) is 1.46. The fraction of sp³-hybridized carbons (Fsp3) is 0.200. The normalized spacial score (nSPS) is 10.1. The number of rotatable bonds is 2. The fourth-order valence-electron chi connectivity index (χ4n) is 1.37. The van der Waals surface area contributed by atoms with Gasteiger partial charge in [-0.2, -0.15) is 0 Å². The molecule has 0 aliphatic carbocycles. The van der Waals surface area contributed by atoms with Crippen molar-refractivity contribution in [3.63, 3.8) is 0 Å². The van der Waals surface area contributed by atoms with Gasteiger partial charge in [0, 0.05) is 12.7 Å². The van der Waals surface area contributed by atoms with E-state index in [0.717, 1.165) is 11.4 Å². The highest BCUT2D eigenvalue weighted by Crippen LogP contribution is 2.18. The molecule has 0 radical (unpaired) electrons. The Balaban J connectivity index is 2.51. The number of aromatic nitrogens is 3. The number of benzene rings is 1. The zero-order chi connectivity index (χ0) is 9.97. The fourth-order valence-corrected chi connectivity index (χ4v) is 1.37. The van der Waals surface area contributed by atoms with E-state index in [1.54, 1.807) is 12.7 Å². The lowest BCUT2D eigenvalue weighted by Crippen LogP contribution is -1.96. The van der Waals surface area contributed by atoms with Gasteiger partial charge < -0.3 is 5.32 Å². The predicted octanol–water partition coefficient (Wildman–Crippen LogP) is 1.62. The summed E-state index contributed by atoms with van der Waals surface area (Å²) < 4.78 is 1.90. The monoisotopic (exact) mass is 188 g/mol. The molecule has 0 spiro atoms. The van der Waals surface area contributed by atoms with Gasteiger partial charge in [0.1, 0.15) is 12.7 Å². The minimum atomic E-state index is 1.08. The zero-order valence-corrected chi connectivity index (χ0v) is 8.23. The Morgan fingerprint density at radius 1 is 1.21 bits per heavy atom. The lowest BCUT2D eigenvalue weighted by atomic mass is 10.2. The molecule has 0 unspecified atom stereocenters. The average Bonchev–Trinajstić information content (AvgIpc) is 2.71. The van der Waals surface area contributed by atoms with E-state index in [-0.39, 0.29) is 0 Å². The summed E-state index contributed by atoms with van der Waals surface area (Å²) in [6.07, 6.45) is 3.39. The van der Waals surface area contributed by atoms with Crippen molar-refractivity contribution in [3.8, 4) is 5.69 Å². The molecule has 4 nitrogen and oxygen atoms in total. The number of hydrogen-bond acceptors (Lipinski definition) is 3. The molecule has 4 heteroatoms. The van der Waals surface area contributed by atoms with Crippen LogP contribution in [0.4, 0.5) is 5.69 Å². The number of nitrogens with zero attached hydrogens (tertiary/aromatic N) is 3. The smallest absolute Gasteiger partial charge is 0.123 e. The highest BCUT2D eigenvalue weighted by atomic mass is 15.2. The summed E-state index contributed by atoms with van der Waals surface area (Å²) in [4.78, 5) is 0. The largest absolute Gasteiger partial charge is 0.388 e. The van der Waals surface area contributed by atoms with Crippen LogP contribution in [0.2, 0.25) is 0 Å². The molecular formula is C10H12N4. The first-order valence-corrected chi connectivity index (χ1v) is 4.44. The number of hydrogen-bond donors (Lipinski definition) is 1. The molecule has 0 fully saturated rings. The molecule has 0 atom stereocenters. The van der Waals surface area contributed by atoms with Crippen LogP contribution in [-0.4, -0.2) is 21.8 Å². The number of aryl methyl sites for hydroxylation is 1. The van der Waals surface area contributed by atoms with E-state index < -0.39 is 0 Å². The Hall–Kier alpha value is -1.84. The summed E-state index contributed by atoms with van der Waals surface area (Å²) in [5.41, 5.74) is 3.38. The van der Waals surface area contributed by atoms with E-state index in [9.17, 15) is 0 Å². The van der Waals surface area contributed by atoms with Crippen molar-refractivity contribution in [2.45, 2.75) is 6.92 Å². The molecule has 14 heavy (non-hydrogen) atoms. The SMILES string of the molecule is CNc1ccc(C)c(-n2cnnc2)c1. The Morgan fingerprint density at radius 2 is 1.93 bits per heavy atom. The summed E-state index contributed by atoms with van der Waals surface area (Å²) in [6.45, 7) is 2.06. The summed E-state index contributed by atoms with van der Waals surface area (Å²) in [5.74, 6) is 0. The second kappa shape index (κ2) is 3.49. The first-order valence-electron chi connectivity index (χ1n) is 4.44. The van der Waals surface area contributed by atoms with Gasteiger partial charge in [0.25, 0.3) is 0 Å². The molecule has 0 aliphatic heterocycles. The van der Waals surface area contributed by atoms with Crippen LogP contribution in [0.25, 0.3) is 5.69 Å². The second-order valence-electron chi connectivity index (χ2n) is 3.12. The van der Waals surface area contributed by atoms with Crippen molar-refractivity contribution in [1.82, 2.24) is 14.8 Å².